The van der Waals surface area contributed by atoms with Crippen LogP contribution in [0.25, 0.3) is 10.2 Å². The van der Waals surface area contributed by atoms with Crippen molar-refractivity contribution in [2.24, 2.45) is 0 Å². The van der Waals surface area contributed by atoms with E-state index in [2.05, 4.69) is 23.7 Å². The van der Waals surface area contributed by atoms with Crippen LogP contribution in [0.3, 0.4) is 0 Å². The molecule has 0 spiro atoms. The Bertz CT molecular complexity index is 1060. The molecule has 3 rings (SSSR count). The number of halogens is 1. The van der Waals surface area contributed by atoms with Gasteiger partial charge in [0.15, 0.2) is 5.13 Å². The molecule has 1 amide bonds. The molecule has 0 saturated heterocycles. The number of thiazole rings is 1. The summed E-state index contributed by atoms with van der Waals surface area (Å²) >= 11 is 2.89. The molecule has 0 radical (unpaired) electrons. The topological polar surface area (TPSA) is 79.6 Å². The Labute approximate surface area is 196 Å². The number of hydrogen-bond donors (Lipinski definition) is 0. The van der Waals surface area contributed by atoms with Crippen LogP contribution >= 0.6 is 35.5 Å². The molecule has 10 heteroatoms. The number of carbonyl (C=O) groups excluding carboxylic acids is 1. The third kappa shape index (κ3) is 5.94. The number of benzene rings is 2. The first-order valence-corrected chi connectivity index (χ1v) is 11.7. The summed E-state index contributed by atoms with van der Waals surface area (Å²) < 4.78 is 0.692. The number of nitro groups is 1. The molecule has 1 heterocycles. The Kier molecular flexibility index (Phi) is 9.24. The Morgan fingerprint density at radius 3 is 2.55 bits per heavy atom. The molecular weight excluding hydrogens is 456 g/mol. The largest absolute Gasteiger partial charge is 0.302 e. The maximum Gasteiger partial charge on any atom is 0.270 e. The summed E-state index contributed by atoms with van der Waals surface area (Å²) in [5.74, 6) is -0.119. The van der Waals surface area contributed by atoms with Gasteiger partial charge in [-0.3, -0.25) is 19.8 Å². The number of amides is 1. The van der Waals surface area contributed by atoms with Crippen LogP contribution in [0, 0.1) is 10.1 Å². The van der Waals surface area contributed by atoms with E-state index in [0.717, 1.165) is 24.5 Å². The molecule has 0 aliphatic rings. The quantitative estimate of drug-likeness (QED) is 0.234. The summed E-state index contributed by atoms with van der Waals surface area (Å²) in [6, 6.07) is 12.1. The van der Waals surface area contributed by atoms with E-state index < -0.39 is 4.92 Å². The smallest absolute Gasteiger partial charge is 0.270 e. The van der Waals surface area contributed by atoms with Crippen LogP contribution in [-0.4, -0.2) is 53.1 Å². The second kappa shape index (κ2) is 11.4. The van der Waals surface area contributed by atoms with Gasteiger partial charge in [0.2, 0.25) is 0 Å². The van der Waals surface area contributed by atoms with Crippen LogP contribution in [0.4, 0.5) is 10.8 Å². The van der Waals surface area contributed by atoms with E-state index in [1.807, 2.05) is 30.5 Å². The number of non-ortho nitro benzene ring substituents is 1. The fraction of sp³-hybridized carbons (Fsp3) is 0.333. The minimum atomic E-state index is -0.421. The molecule has 7 nitrogen and oxygen atoms in total. The van der Waals surface area contributed by atoms with E-state index in [0.29, 0.717) is 27.5 Å². The highest BCUT2D eigenvalue weighted by molar-refractivity contribution is 7.98. The normalized spacial score (nSPS) is 10.8. The van der Waals surface area contributed by atoms with Crippen molar-refractivity contribution in [2.45, 2.75) is 18.7 Å². The van der Waals surface area contributed by atoms with Crippen molar-refractivity contribution in [3.8, 4) is 0 Å². The van der Waals surface area contributed by atoms with Crippen molar-refractivity contribution in [3.05, 3.63) is 58.1 Å². The fourth-order valence-electron chi connectivity index (χ4n) is 3.11. The van der Waals surface area contributed by atoms with Crippen molar-refractivity contribution in [1.29, 1.82) is 0 Å². The number of carbonyl (C=O) groups is 1. The molecule has 31 heavy (non-hydrogen) atoms. The number of hydrogen-bond acceptors (Lipinski definition) is 7. The molecule has 0 aliphatic carbocycles. The van der Waals surface area contributed by atoms with Crippen LogP contribution in [0.1, 0.15) is 24.2 Å². The number of nitrogens with zero attached hydrogens (tertiary/aromatic N) is 4. The van der Waals surface area contributed by atoms with Gasteiger partial charge in [-0.25, -0.2) is 4.98 Å². The number of aromatic nitrogens is 1. The maximum absolute atomic E-state index is 13.4. The predicted octanol–water partition coefficient (Wildman–Crippen LogP) is 5.34. The number of likely N-dealkylation sites (N-methyl/N-ethyl adjacent to an activating group) is 1. The summed E-state index contributed by atoms with van der Waals surface area (Å²) in [5.41, 5.74) is 1.28. The zero-order valence-electron chi connectivity index (χ0n) is 17.6. The molecule has 2 aromatic carbocycles. The minimum absolute atomic E-state index is 0. The molecule has 3 aromatic rings. The second-order valence-electron chi connectivity index (χ2n) is 6.62. The van der Waals surface area contributed by atoms with Gasteiger partial charge < -0.3 is 4.90 Å². The van der Waals surface area contributed by atoms with Gasteiger partial charge in [0.1, 0.15) is 0 Å². The van der Waals surface area contributed by atoms with Crippen LogP contribution in [0.2, 0.25) is 0 Å². The highest BCUT2D eigenvalue weighted by Crippen LogP contribution is 2.32. The van der Waals surface area contributed by atoms with E-state index >= 15 is 0 Å². The Hall–Kier alpha value is -2.20. The van der Waals surface area contributed by atoms with Crippen molar-refractivity contribution in [1.82, 2.24) is 9.88 Å². The molecule has 0 bridgehead atoms. The lowest BCUT2D eigenvalue weighted by molar-refractivity contribution is -0.384. The van der Waals surface area contributed by atoms with Crippen molar-refractivity contribution in [2.75, 3.05) is 37.3 Å². The average Bonchev–Trinajstić information content (AvgIpc) is 3.19. The summed E-state index contributed by atoms with van der Waals surface area (Å²) in [6.07, 6.45) is 1.97. The Balaban J connectivity index is 0.00000341. The average molecular weight is 481 g/mol. The molecule has 166 valence electrons. The number of rotatable bonds is 9. The molecule has 0 N–H and O–H groups in total. The lowest BCUT2D eigenvalue weighted by Gasteiger charge is -2.24. The van der Waals surface area contributed by atoms with Crippen molar-refractivity contribution in [3.63, 3.8) is 0 Å². The maximum atomic E-state index is 13.4. The zero-order chi connectivity index (χ0) is 21.7. The van der Waals surface area contributed by atoms with E-state index in [-0.39, 0.29) is 24.0 Å². The fourth-order valence-corrected chi connectivity index (χ4v) is 4.59. The van der Waals surface area contributed by atoms with Crippen LogP contribution < -0.4 is 4.90 Å². The van der Waals surface area contributed by atoms with Crippen LogP contribution in [-0.2, 0) is 0 Å². The van der Waals surface area contributed by atoms with Crippen molar-refractivity contribution >= 4 is 62.4 Å². The van der Waals surface area contributed by atoms with Gasteiger partial charge in [0.05, 0.1) is 15.1 Å². The number of nitro benzene ring substituents is 1. The molecule has 0 fully saturated rings. The predicted molar refractivity (Wildman–Crippen MR) is 131 cm³/mol. The number of anilines is 1. The minimum Gasteiger partial charge on any atom is -0.302 e. The molecule has 0 aliphatic heterocycles. The summed E-state index contributed by atoms with van der Waals surface area (Å²) in [5, 5.41) is 11.7. The van der Waals surface area contributed by atoms with Gasteiger partial charge >= 0.3 is 0 Å². The van der Waals surface area contributed by atoms with E-state index in [4.69, 9.17) is 0 Å². The van der Waals surface area contributed by atoms with Gasteiger partial charge in [0, 0.05) is 35.7 Å². The van der Waals surface area contributed by atoms with Gasteiger partial charge in [-0.2, -0.15) is 0 Å². The monoisotopic (exact) mass is 480 g/mol. The second-order valence-corrected chi connectivity index (χ2v) is 8.51. The van der Waals surface area contributed by atoms with Crippen LogP contribution in [0.5, 0.6) is 0 Å². The van der Waals surface area contributed by atoms with Gasteiger partial charge in [-0.05, 0) is 43.6 Å². The standard InChI is InChI=1S/C21H24N4O3S2.ClH/c1-4-23(5-2)11-12-24(20(26)15-7-6-8-17(13-15)29-3)21-22-18-10-9-16(25(27)28)14-19(18)30-21;/h6-10,13-14H,4-5,11-12H2,1-3H3;1H. The van der Waals surface area contributed by atoms with Gasteiger partial charge in [0.25, 0.3) is 11.6 Å². The lowest BCUT2D eigenvalue weighted by Crippen LogP contribution is -2.38. The zero-order valence-corrected chi connectivity index (χ0v) is 20.1. The highest BCUT2D eigenvalue weighted by Gasteiger charge is 2.23. The molecule has 0 atom stereocenters. The molecule has 0 saturated carbocycles. The Morgan fingerprint density at radius 2 is 1.90 bits per heavy atom. The van der Waals surface area contributed by atoms with Gasteiger partial charge in [-0.15, -0.1) is 24.2 Å². The molecule has 0 unspecified atom stereocenters. The summed E-state index contributed by atoms with van der Waals surface area (Å²) in [4.78, 5) is 33.7. The van der Waals surface area contributed by atoms with Crippen LogP contribution in [0.15, 0.2) is 47.4 Å². The third-order valence-electron chi connectivity index (χ3n) is 4.90. The van der Waals surface area contributed by atoms with E-state index in [1.54, 1.807) is 22.7 Å². The van der Waals surface area contributed by atoms with E-state index in [9.17, 15) is 14.9 Å². The number of thioether (sulfide) groups is 1. The van der Waals surface area contributed by atoms with Gasteiger partial charge in [-0.1, -0.05) is 31.3 Å². The number of fused-ring (bicyclic) bond motifs is 1. The van der Waals surface area contributed by atoms with Crippen molar-refractivity contribution < 1.29 is 9.72 Å². The first kappa shape index (κ1) is 25.1. The first-order chi connectivity index (χ1) is 14.5. The Morgan fingerprint density at radius 1 is 1.16 bits per heavy atom. The first-order valence-electron chi connectivity index (χ1n) is 9.70. The molecular formula is C21H25ClN4O3S2. The third-order valence-corrected chi connectivity index (χ3v) is 6.67. The van der Waals surface area contributed by atoms with E-state index in [1.165, 1.54) is 23.5 Å². The SMILES string of the molecule is CCN(CC)CCN(C(=O)c1cccc(SC)c1)c1nc2ccc([N+](=O)[O-])cc2s1.Cl. The summed E-state index contributed by atoms with van der Waals surface area (Å²) in [7, 11) is 0. The summed E-state index contributed by atoms with van der Waals surface area (Å²) in [6.45, 7) is 7.19. The lowest BCUT2D eigenvalue weighted by atomic mass is 10.2. The highest BCUT2D eigenvalue weighted by atomic mass is 35.5. The molecule has 1 aromatic heterocycles.